The third-order valence-electron chi connectivity index (χ3n) is 4.85. The normalized spacial score (nSPS) is 13.8. The number of hydrogen-bond donors (Lipinski definition) is 1. The summed E-state index contributed by atoms with van der Waals surface area (Å²) in [5.41, 5.74) is 3.14. The number of carbonyl (C=O) groups is 1. The van der Waals surface area contributed by atoms with Gasteiger partial charge in [-0.3, -0.25) is 4.79 Å². The highest BCUT2D eigenvalue weighted by Crippen LogP contribution is 2.27. The Morgan fingerprint density at radius 1 is 1.00 bits per heavy atom. The first-order valence-electron chi connectivity index (χ1n) is 9.56. The van der Waals surface area contributed by atoms with Crippen molar-refractivity contribution in [1.29, 1.82) is 0 Å². The minimum Gasteiger partial charge on any atom is -0.378 e. The molecule has 0 unspecified atom stereocenters. The molecule has 1 saturated heterocycles. The molecule has 0 spiro atoms. The zero-order valence-electron chi connectivity index (χ0n) is 16.3. The van der Waals surface area contributed by atoms with E-state index in [1.54, 1.807) is 12.4 Å². The minimum atomic E-state index is -0.236. The topological polar surface area (TPSA) is 70.6 Å². The maximum Gasteiger partial charge on any atom is 0.258 e. The molecule has 0 bridgehead atoms. The molecule has 1 aliphatic heterocycles. The number of rotatable bonds is 5. The lowest BCUT2D eigenvalue weighted by atomic mass is 10.2. The Morgan fingerprint density at radius 3 is 2.38 bits per heavy atom. The van der Waals surface area contributed by atoms with Crippen LogP contribution >= 0.6 is 0 Å². The molecule has 2 heterocycles. The van der Waals surface area contributed by atoms with E-state index >= 15 is 0 Å². The zero-order valence-corrected chi connectivity index (χ0v) is 16.3. The Labute approximate surface area is 170 Å². The van der Waals surface area contributed by atoms with Crippen molar-refractivity contribution < 1.29 is 9.53 Å². The van der Waals surface area contributed by atoms with Gasteiger partial charge < -0.3 is 19.9 Å². The van der Waals surface area contributed by atoms with Crippen molar-refractivity contribution in [2.24, 2.45) is 0 Å². The van der Waals surface area contributed by atoms with Crippen LogP contribution in [0.5, 0.6) is 0 Å². The lowest BCUT2D eigenvalue weighted by molar-refractivity contribution is 0.102. The third kappa shape index (κ3) is 4.35. The number of para-hydroxylation sites is 3. The summed E-state index contributed by atoms with van der Waals surface area (Å²) in [4.78, 5) is 25.6. The predicted molar refractivity (Wildman–Crippen MR) is 114 cm³/mol. The fourth-order valence-corrected chi connectivity index (χ4v) is 3.23. The largest absolute Gasteiger partial charge is 0.378 e. The summed E-state index contributed by atoms with van der Waals surface area (Å²) >= 11 is 0. The van der Waals surface area contributed by atoms with E-state index < -0.39 is 0 Å². The van der Waals surface area contributed by atoms with E-state index in [0.717, 1.165) is 30.2 Å². The number of benzene rings is 2. The fraction of sp³-hybridized carbons (Fsp3) is 0.227. The monoisotopic (exact) mass is 389 g/mol. The quantitative estimate of drug-likeness (QED) is 0.722. The molecule has 4 rings (SSSR count). The van der Waals surface area contributed by atoms with Crippen LogP contribution in [-0.2, 0) is 4.74 Å². The van der Waals surface area contributed by atoms with Gasteiger partial charge in [0.2, 0.25) is 5.95 Å². The highest BCUT2D eigenvalue weighted by atomic mass is 16.5. The molecule has 1 aliphatic rings. The molecule has 148 valence electrons. The van der Waals surface area contributed by atoms with Crippen LogP contribution in [0.3, 0.4) is 0 Å². The predicted octanol–water partition coefficient (Wildman–Crippen LogP) is 3.33. The number of morpholine rings is 1. The Balaban J connectivity index is 1.48. The molecule has 0 radical (unpaired) electrons. The summed E-state index contributed by atoms with van der Waals surface area (Å²) in [7, 11) is 1.89. The summed E-state index contributed by atoms with van der Waals surface area (Å²) in [5, 5.41) is 2.99. The van der Waals surface area contributed by atoms with Crippen molar-refractivity contribution in [1.82, 2.24) is 9.97 Å². The molecule has 1 amide bonds. The number of carbonyl (C=O) groups excluding carboxylic acids is 1. The maximum atomic E-state index is 12.8. The van der Waals surface area contributed by atoms with Crippen molar-refractivity contribution in [2.45, 2.75) is 0 Å². The van der Waals surface area contributed by atoms with E-state index in [-0.39, 0.29) is 5.91 Å². The number of aromatic nitrogens is 2. The van der Waals surface area contributed by atoms with Crippen LogP contribution in [0, 0.1) is 0 Å². The van der Waals surface area contributed by atoms with Gasteiger partial charge in [0.1, 0.15) is 0 Å². The molecular formula is C22H23N5O2. The summed E-state index contributed by atoms with van der Waals surface area (Å²) in [6, 6.07) is 17.6. The number of amides is 1. The van der Waals surface area contributed by atoms with E-state index in [2.05, 4.69) is 20.2 Å². The average molecular weight is 389 g/mol. The Bertz CT molecular complexity index is 956. The van der Waals surface area contributed by atoms with Crippen molar-refractivity contribution in [3.63, 3.8) is 0 Å². The van der Waals surface area contributed by atoms with Crippen molar-refractivity contribution in [3.8, 4) is 0 Å². The van der Waals surface area contributed by atoms with E-state index in [4.69, 9.17) is 4.74 Å². The van der Waals surface area contributed by atoms with Gasteiger partial charge in [-0.25, -0.2) is 9.97 Å². The van der Waals surface area contributed by atoms with E-state index in [0.29, 0.717) is 24.7 Å². The standard InChI is InChI=1S/C22H23N5O2/c1-26(18-7-3-2-4-8-18)22-23-15-17(16-24-22)21(28)25-19-9-5-6-10-20(19)27-11-13-29-14-12-27/h2-10,15-16H,11-14H2,1H3,(H,25,28). The van der Waals surface area contributed by atoms with Crippen molar-refractivity contribution in [2.75, 3.05) is 48.5 Å². The van der Waals surface area contributed by atoms with Gasteiger partial charge in [-0.15, -0.1) is 0 Å². The zero-order chi connectivity index (χ0) is 20.1. The number of nitrogens with one attached hydrogen (secondary N) is 1. The van der Waals surface area contributed by atoms with Gasteiger partial charge in [-0.2, -0.15) is 0 Å². The molecule has 1 fully saturated rings. The molecule has 0 atom stereocenters. The molecule has 0 aliphatic carbocycles. The smallest absolute Gasteiger partial charge is 0.258 e. The summed E-state index contributed by atoms with van der Waals surface area (Å²) in [5.74, 6) is 0.293. The summed E-state index contributed by atoms with van der Waals surface area (Å²) in [6.45, 7) is 2.98. The van der Waals surface area contributed by atoms with E-state index in [1.165, 1.54) is 0 Å². The first-order chi connectivity index (χ1) is 14.2. The second kappa shape index (κ2) is 8.70. The SMILES string of the molecule is CN(c1ccccc1)c1ncc(C(=O)Nc2ccccc2N2CCOCC2)cn1. The Kier molecular flexibility index (Phi) is 5.67. The van der Waals surface area contributed by atoms with E-state index in [9.17, 15) is 4.79 Å². The molecule has 7 heteroatoms. The first-order valence-corrected chi connectivity index (χ1v) is 9.56. The van der Waals surface area contributed by atoms with Gasteiger partial charge in [0.25, 0.3) is 5.91 Å². The van der Waals surface area contributed by atoms with Crippen LogP contribution in [0.1, 0.15) is 10.4 Å². The van der Waals surface area contributed by atoms with Gasteiger partial charge in [-0.05, 0) is 24.3 Å². The average Bonchev–Trinajstić information content (AvgIpc) is 2.80. The Hall–Kier alpha value is -3.45. The third-order valence-corrected chi connectivity index (χ3v) is 4.85. The van der Waals surface area contributed by atoms with Gasteiger partial charge in [0.05, 0.1) is 30.2 Å². The van der Waals surface area contributed by atoms with Crippen LogP contribution in [0.2, 0.25) is 0 Å². The van der Waals surface area contributed by atoms with Crippen LogP contribution in [0.25, 0.3) is 0 Å². The van der Waals surface area contributed by atoms with Crippen LogP contribution in [-0.4, -0.2) is 49.2 Å². The molecule has 29 heavy (non-hydrogen) atoms. The van der Waals surface area contributed by atoms with Gasteiger partial charge >= 0.3 is 0 Å². The van der Waals surface area contributed by atoms with Gasteiger partial charge in [-0.1, -0.05) is 30.3 Å². The molecule has 2 aromatic carbocycles. The highest BCUT2D eigenvalue weighted by Gasteiger charge is 2.17. The lowest BCUT2D eigenvalue weighted by Crippen LogP contribution is -2.36. The van der Waals surface area contributed by atoms with E-state index in [1.807, 2.05) is 66.5 Å². The van der Waals surface area contributed by atoms with Crippen LogP contribution < -0.4 is 15.1 Å². The Morgan fingerprint density at radius 2 is 1.66 bits per heavy atom. The van der Waals surface area contributed by atoms with Gasteiger partial charge in [0, 0.05) is 38.2 Å². The van der Waals surface area contributed by atoms with Crippen molar-refractivity contribution >= 4 is 28.9 Å². The molecule has 3 aromatic rings. The van der Waals surface area contributed by atoms with Crippen LogP contribution in [0.4, 0.5) is 23.0 Å². The molecular weight excluding hydrogens is 366 g/mol. The second-order valence-electron chi connectivity index (χ2n) is 6.74. The molecule has 0 saturated carbocycles. The number of hydrogen-bond acceptors (Lipinski definition) is 6. The molecule has 1 aromatic heterocycles. The lowest BCUT2D eigenvalue weighted by Gasteiger charge is -2.30. The maximum absolute atomic E-state index is 12.8. The summed E-state index contributed by atoms with van der Waals surface area (Å²) < 4.78 is 5.42. The first kappa shape index (κ1) is 18.9. The number of nitrogens with zero attached hydrogens (tertiary/aromatic N) is 4. The van der Waals surface area contributed by atoms with Crippen LogP contribution in [0.15, 0.2) is 67.0 Å². The fourth-order valence-electron chi connectivity index (χ4n) is 3.23. The minimum absolute atomic E-state index is 0.236. The molecule has 1 N–H and O–H groups in total. The van der Waals surface area contributed by atoms with Gasteiger partial charge in [0.15, 0.2) is 0 Å². The number of ether oxygens (including phenoxy) is 1. The highest BCUT2D eigenvalue weighted by molar-refractivity contribution is 6.05. The summed E-state index contributed by atoms with van der Waals surface area (Å²) in [6.07, 6.45) is 3.10. The number of anilines is 4. The second-order valence-corrected chi connectivity index (χ2v) is 6.74. The van der Waals surface area contributed by atoms with Crippen molar-refractivity contribution in [3.05, 3.63) is 72.6 Å². The molecule has 7 nitrogen and oxygen atoms in total.